The second kappa shape index (κ2) is 7.39. The topological polar surface area (TPSA) is 66.5 Å². The molecule has 2 aromatic rings. The first-order valence-electron chi connectivity index (χ1n) is 9.56. The van der Waals surface area contributed by atoms with Crippen LogP contribution in [0.15, 0.2) is 18.2 Å². The third-order valence-electron chi connectivity index (χ3n) is 5.62. The van der Waals surface area contributed by atoms with Crippen molar-refractivity contribution < 1.29 is 28.5 Å². The molecule has 154 valence electrons. The minimum absolute atomic E-state index is 0.276. The lowest BCUT2D eigenvalue weighted by molar-refractivity contribution is 0.0944. The maximum absolute atomic E-state index is 12.8. The van der Waals surface area contributed by atoms with Gasteiger partial charge >= 0.3 is 6.09 Å². The zero-order valence-electron chi connectivity index (χ0n) is 17.3. The third-order valence-corrected chi connectivity index (χ3v) is 5.62. The highest BCUT2D eigenvalue weighted by atomic mass is 16.6. The van der Waals surface area contributed by atoms with Crippen molar-refractivity contribution in [2.75, 3.05) is 41.6 Å². The summed E-state index contributed by atoms with van der Waals surface area (Å²) in [5.74, 6) is 2.55. The van der Waals surface area contributed by atoms with Crippen LogP contribution in [0, 0.1) is 0 Å². The van der Waals surface area contributed by atoms with Crippen LogP contribution in [0.2, 0.25) is 0 Å². The zero-order chi connectivity index (χ0) is 20.7. The van der Waals surface area contributed by atoms with Crippen molar-refractivity contribution in [3.05, 3.63) is 34.9 Å². The quantitative estimate of drug-likeness (QED) is 0.762. The predicted molar refractivity (Wildman–Crippen MR) is 107 cm³/mol. The number of carbonyl (C=O) groups excluding carboxylic acids is 1. The smallest absolute Gasteiger partial charge is 0.410 e. The molecule has 0 N–H and O–H groups in total. The summed E-state index contributed by atoms with van der Waals surface area (Å²) in [7, 11) is 6.47. The lowest BCUT2D eigenvalue weighted by atomic mass is 9.91. The Bertz CT molecular complexity index is 971. The van der Waals surface area contributed by atoms with Gasteiger partial charge in [0.25, 0.3) is 0 Å². The van der Waals surface area contributed by atoms with Gasteiger partial charge < -0.3 is 23.7 Å². The lowest BCUT2D eigenvalue weighted by Crippen LogP contribution is -2.40. The Kier molecular flexibility index (Phi) is 4.90. The molecule has 2 aliphatic rings. The first-order chi connectivity index (χ1) is 14.1. The van der Waals surface area contributed by atoms with E-state index >= 15 is 0 Å². The number of amides is 1. The van der Waals surface area contributed by atoms with E-state index in [1.807, 2.05) is 25.1 Å². The summed E-state index contributed by atoms with van der Waals surface area (Å²) in [6.45, 7) is 2.69. The molecule has 1 heterocycles. The fourth-order valence-electron chi connectivity index (χ4n) is 4.44. The number of benzene rings is 2. The van der Waals surface area contributed by atoms with Gasteiger partial charge in [-0.2, -0.15) is 0 Å². The van der Waals surface area contributed by atoms with Crippen LogP contribution in [0.1, 0.15) is 29.7 Å². The van der Waals surface area contributed by atoms with Crippen molar-refractivity contribution in [3.8, 4) is 34.1 Å². The van der Waals surface area contributed by atoms with Crippen LogP contribution in [0.25, 0.3) is 11.1 Å². The number of carbonyl (C=O) groups is 1. The molecule has 0 bridgehead atoms. The van der Waals surface area contributed by atoms with Crippen LogP contribution in [-0.4, -0.2) is 52.6 Å². The monoisotopic (exact) mass is 399 g/mol. The Morgan fingerprint density at radius 1 is 1.00 bits per heavy atom. The number of fused-ring (bicyclic) bond motifs is 3. The van der Waals surface area contributed by atoms with Crippen LogP contribution < -0.4 is 18.9 Å². The molecule has 0 fully saturated rings. The summed E-state index contributed by atoms with van der Waals surface area (Å²) in [4.78, 5) is 14.5. The van der Waals surface area contributed by atoms with Crippen LogP contribution >= 0.6 is 0 Å². The fraction of sp³-hybridized carbons (Fsp3) is 0.409. The Hall–Kier alpha value is -3.09. The number of ether oxygens (including phenoxy) is 5. The van der Waals surface area contributed by atoms with E-state index in [0.29, 0.717) is 42.6 Å². The molecule has 0 aromatic heterocycles. The molecular formula is C22H25NO6. The molecule has 0 radical (unpaired) electrons. The van der Waals surface area contributed by atoms with Crippen molar-refractivity contribution in [2.45, 2.75) is 19.4 Å². The summed E-state index contributed by atoms with van der Waals surface area (Å²) >= 11 is 0. The van der Waals surface area contributed by atoms with Crippen molar-refractivity contribution >= 4 is 6.09 Å². The van der Waals surface area contributed by atoms with E-state index in [2.05, 4.69) is 0 Å². The zero-order valence-corrected chi connectivity index (χ0v) is 17.3. The van der Waals surface area contributed by atoms with E-state index in [-0.39, 0.29) is 12.1 Å². The van der Waals surface area contributed by atoms with Gasteiger partial charge in [0, 0.05) is 12.1 Å². The van der Waals surface area contributed by atoms with E-state index in [9.17, 15) is 4.79 Å². The minimum atomic E-state index is -0.327. The maximum atomic E-state index is 12.8. The normalized spacial score (nSPS) is 16.0. The number of rotatable bonds is 5. The first kappa shape index (κ1) is 19.2. The number of hydrogen-bond acceptors (Lipinski definition) is 6. The van der Waals surface area contributed by atoms with Crippen LogP contribution in [-0.2, 0) is 11.2 Å². The van der Waals surface area contributed by atoms with Gasteiger partial charge in [-0.3, -0.25) is 4.90 Å². The molecule has 7 heteroatoms. The van der Waals surface area contributed by atoms with Crippen LogP contribution in [0.3, 0.4) is 0 Å². The summed E-state index contributed by atoms with van der Waals surface area (Å²) < 4.78 is 27.8. The molecule has 29 heavy (non-hydrogen) atoms. The van der Waals surface area contributed by atoms with Gasteiger partial charge in [0.2, 0.25) is 0 Å². The van der Waals surface area contributed by atoms with Gasteiger partial charge in [-0.15, -0.1) is 0 Å². The highest BCUT2D eigenvalue weighted by Gasteiger charge is 2.43. The molecule has 1 atom stereocenters. The number of nitrogens with zero attached hydrogens (tertiary/aromatic N) is 1. The molecule has 0 saturated heterocycles. The van der Waals surface area contributed by atoms with Gasteiger partial charge in [0.05, 0.1) is 41.1 Å². The first-order valence-corrected chi connectivity index (χ1v) is 9.56. The Labute approximate surface area is 170 Å². The second-order valence-electron chi connectivity index (χ2n) is 6.90. The minimum Gasteiger partial charge on any atom is -0.493 e. The largest absolute Gasteiger partial charge is 0.493 e. The predicted octanol–water partition coefficient (Wildman–Crippen LogP) is 3.81. The van der Waals surface area contributed by atoms with E-state index in [4.69, 9.17) is 23.7 Å². The fourth-order valence-corrected chi connectivity index (χ4v) is 4.44. The summed E-state index contributed by atoms with van der Waals surface area (Å²) in [6.07, 6.45) is 0.381. The highest BCUT2D eigenvalue weighted by Crippen LogP contribution is 2.58. The highest BCUT2D eigenvalue weighted by molar-refractivity contribution is 5.90. The third kappa shape index (κ3) is 2.75. The Balaban J connectivity index is 2.03. The van der Waals surface area contributed by atoms with E-state index in [0.717, 1.165) is 27.8 Å². The van der Waals surface area contributed by atoms with E-state index in [1.54, 1.807) is 33.3 Å². The Morgan fingerprint density at radius 2 is 1.69 bits per heavy atom. The van der Waals surface area contributed by atoms with Crippen molar-refractivity contribution in [1.29, 1.82) is 0 Å². The summed E-state index contributed by atoms with van der Waals surface area (Å²) in [6, 6.07) is 5.61. The van der Waals surface area contributed by atoms with Gasteiger partial charge in [-0.25, -0.2) is 4.79 Å². The van der Waals surface area contributed by atoms with Gasteiger partial charge in [0.15, 0.2) is 23.0 Å². The van der Waals surface area contributed by atoms with Gasteiger partial charge in [-0.1, -0.05) is 0 Å². The summed E-state index contributed by atoms with van der Waals surface area (Å²) in [5, 5.41) is 0. The molecule has 1 amide bonds. The molecule has 2 aromatic carbocycles. The molecule has 0 saturated carbocycles. The molecule has 0 spiro atoms. The number of methoxy groups -OCH3 is 4. The van der Waals surface area contributed by atoms with Crippen molar-refractivity contribution in [1.82, 2.24) is 4.90 Å². The molecular weight excluding hydrogens is 374 g/mol. The molecule has 4 rings (SSSR count). The molecule has 1 aliphatic carbocycles. The standard InChI is InChI=1S/C22H25NO6/c1-6-29-22(24)23-8-7-12-9-17(27-4)21(28-5)19-13-10-15(25-2)16(26-3)11-14(13)20(23)18(12)19/h9-11,20H,6-8H2,1-5H3. The van der Waals surface area contributed by atoms with Crippen molar-refractivity contribution in [2.24, 2.45) is 0 Å². The van der Waals surface area contributed by atoms with Crippen molar-refractivity contribution in [3.63, 3.8) is 0 Å². The van der Waals surface area contributed by atoms with Crippen LogP contribution in [0.4, 0.5) is 4.79 Å². The lowest BCUT2D eigenvalue weighted by Gasteiger charge is -2.35. The van der Waals surface area contributed by atoms with Gasteiger partial charge in [0.1, 0.15) is 0 Å². The molecule has 1 unspecified atom stereocenters. The average Bonchev–Trinajstić information content (AvgIpc) is 3.08. The van der Waals surface area contributed by atoms with E-state index in [1.165, 1.54) is 0 Å². The SMILES string of the molecule is CCOC(=O)N1CCc2cc(OC)c(OC)c3c2C1c1cc(OC)c(OC)cc1-3. The van der Waals surface area contributed by atoms with Gasteiger partial charge in [-0.05, 0) is 53.8 Å². The number of hydrogen-bond donors (Lipinski definition) is 0. The molecule has 7 nitrogen and oxygen atoms in total. The maximum Gasteiger partial charge on any atom is 0.410 e. The summed E-state index contributed by atoms with van der Waals surface area (Å²) in [5.41, 5.74) is 5.01. The average molecular weight is 399 g/mol. The van der Waals surface area contributed by atoms with Crippen LogP contribution in [0.5, 0.6) is 23.0 Å². The second-order valence-corrected chi connectivity index (χ2v) is 6.90. The Morgan fingerprint density at radius 3 is 2.31 bits per heavy atom. The molecule has 1 aliphatic heterocycles. The van der Waals surface area contributed by atoms with E-state index < -0.39 is 0 Å².